The predicted molar refractivity (Wildman–Crippen MR) is 70.6 cm³/mol. The van der Waals surface area contributed by atoms with Crippen LogP contribution < -0.4 is 0 Å². The number of halogens is 3. The lowest BCUT2D eigenvalue weighted by molar-refractivity contribution is -0.118. The summed E-state index contributed by atoms with van der Waals surface area (Å²) >= 11 is 0. The summed E-state index contributed by atoms with van der Waals surface area (Å²) in [7, 11) is 0. The first-order valence-corrected chi connectivity index (χ1v) is 6.79. The zero-order valence-corrected chi connectivity index (χ0v) is 11.0. The number of rotatable bonds is 12. The van der Waals surface area contributed by atoms with Crippen molar-refractivity contribution in [1.82, 2.24) is 0 Å². The van der Waals surface area contributed by atoms with Gasteiger partial charge in [-0.15, -0.1) is 6.58 Å². The van der Waals surface area contributed by atoms with Crippen LogP contribution in [0.4, 0.5) is 12.9 Å². The number of ketones is 1. The Morgan fingerprint density at radius 1 is 0.944 bits per heavy atom. The van der Waals surface area contributed by atoms with Gasteiger partial charge in [0.05, 0.1) is 0 Å². The molecule has 0 fully saturated rings. The molecule has 0 atom stereocenters. The second-order valence-corrected chi connectivity index (χ2v) is 4.74. The third-order valence-corrected chi connectivity index (χ3v) is 2.86. The molecule has 0 rings (SSSR count). The van der Waals surface area contributed by atoms with Crippen molar-refractivity contribution in [3.63, 3.8) is 0 Å². The summed E-state index contributed by atoms with van der Waals surface area (Å²) in [6, 6.07) is 0. The highest BCUT2D eigenvalue weighted by molar-refractivity contribution is 6.58. The van der Waals surface area contributed by atoms with E-state index < -0.39 is 13.3 Å². The maximum absolute atomic E-state index is 11.9. The molecule has 0 saturated carbocycles. The quantitative estimate of drug-likeness (QED) is 0.272. The van der Waals surface area contributed by atoms with Gasteiger partial charge in [-0.2, -0.15) is 0 Å². The van der Waals surface area contributed by atoms with E-state index in [0.717, 1.165) is 44.9 Å². The minimum absolute atomic E-state index is 0.249. The van der Waals surface area contributed by atoms with Crippen molar-refractivity contribution in [2.24, 2.45) is 0 Å². The van der Waals surface area contributed by atoms with Crippen molar-refractivity contribution < 1.29 is 17.7 Å². The summed E-state index contributed by atoms with van der Waals surface area (Å²) in [6.45, 7) is -1.15. The van der Waals surface area contributed by atoms with E-state index >= 15 is 0 Å². The topological polar surface area (TPSA) is 17.1 Å². The third kappa shape index (κ3) is 13.3. The van der Waals surface area contributed by atoms with E-state index in [0.29, 0.717) is 6.42 Å². The van der Waals surface area contributed by atoms with Crippen LogP contribution in [0.3, 0.4) is 0 Å². The number of hydrogen-bond donors (Lipinski definition) is 0. The molecule has 18 heavy (non-hydrogen) atoms. The third-order valence-electron chi connectivity index (χ3n) is 2.86. The Kier molecular flexibility index (Phi) is 9.79. The summed E-state index contributed by atoms with van der Waals surface area (Å²) < 4.78 is 35.7. The van der Waals surface area contributed by atoms with Crippen LogP contribution in [0.25, 0.3) is 0 Å². The van der Waals surface area contributed by atoms with Gasteiger partial charge in [0, 0.05) is 6.42 Å². The molecular formula is C13H23BF3O-. The maximum Gasteiger partial charge on any atom is 0.478 e. The number of carbonyl (C=O) groups is 1. The van der Waals surface area contributed by atoms with Crippen LogP contribution in [0.5, 0.6) is 0 Å². The van der Waals surface area contributed by atoms with Gasteiger partial charge in [0.2, 0.25) is 0 Å². The Morgan fingerprint density at radius 2 is 1.50 bits per heavy atom. The molecule has 1 nitrogen and oxygen atoms in total. The van der Waals surface area contributed by atoms with Crippen molar-refractivity contribution in [1.29, 1.82) is 0 Å². The van der Waals surface area contributed by atoms with Gasteiger partial charge >= 0.3 is 6.98 Å². The van der Waals surface area contributed by atoms with E-state index in [1.807, 2.05) is 6.08 Å². The molecule has 106 valence electrons. The van der Waals surface area contributed by atoms with Gasteiger partial charge in [-0.1, -0.05) is 38.1 Å². The smallest absolute Gasteiger partial charge is 0.449 e. The van der Waals surface area contributed by atoms with Crippen LogP contribution in [-0.2, 0) is 4.79 Å². The summed E-state index contributed by atoms with van der Waals surface area (Å²) in [4.78, 5) is 11.2. The lowest BCUT2D eigenvalue weighted by Crippen LogP contribution is -2.16. The first-order valence-electron chi connectivity index (χ1n) is 6.79. The van der Waals surface area contributed by atoms with Crippen LogP contribution in [0.1, 0.15) is 57.8 Å². The summed E-state index contributed by atoms with van der Waals surface area (Å²) in [5.74, 6) is -0.249. The first kappa shape index (κ1) is 17.3. The molecule has 0 aromatic carbocycles. The zero-order chi connectivity index (χ0) is 13.9. The first-order chi connectivity index (χ1) is 8.45. The predicted octanol–water partition coefficient (Wildman–Crippen LogP) is 5.10. The summed E-state index contributed by atoms with van der Waals surface area (Å²) in [5.41, 5.74) is 0. The van der Waals surface area contributed by atoms with Crippen LogP contribution in [0, 0.1) is 0 Å². The molecule has 0 heterocycles. The van der Waals surface area contributed by atoms with E-state index in [1.54, 1.807) is 0 Å². The highest BCUT2D eigenvalue weighted by atomic mass is 19.4. The summed E-state index contributed by atoms with van der Waals surface area (Å²) in [5, 5.41) is 0. The average Bonchev–Trinajstić information content (AvgIpc) is 2.29. The van der Waals surface area contributed by atoms with Gasteiger partial charge in [-0.3, -0.25) is 4.79 Å². The normalized spacial score (nSPS) is 11.5. The van der Waals surface area contributed by atoms with Crippen molar-refractivity contribution in [2.75, 3.05) is 0 Å². The van der Waals surface area contributed by atoms with Crippen molar-refractivity contribution in [3.05, 3.63) is 12.7 Å². The molecule has 0 aromatic rings. The van der Waals surface area contributed by atoms with E-state index in [1.165, 1.54) is 0 Å². The summed E-state index contributed by atoms with van der Waals surface area (Å²) in [6.07, 6.45) is 8.18. The molecule has 0 unspecified atom stereocenters. The van der Waals surface area contributed by atoms with E-state index in [4.69, 9.17) is 0 Å². The van der Waals surface area contributed by atoms with Gasteiger partial charge in [0.25, 0.3) is 0 Å². The van der Waals surface area contributed by atoms with Crippen molar-refractivity contribution in [3.8, 4) is 0 Å². The fourth-order valence-electron chi connectivity index (χ4n) is 1.77. The lowest BCUT2D eigenvalue weighted by atomic mass is 9.83. The standard InChI is InChI=1S/C13H23BF3O/c1-2-3-4-5-6-7-8-9-10-13(18)11-12-14(15,16)17/h2H,1,3-12H2/q-1. The van der Waals surface area contributed by atoms with E-state index in [9.17, 15) is 17.7 Å². The molecule has 0 saturated heterocycles. The fourth-order valence-corrected chi connectivity index (χ4v) is 1.77. The van der Waals surface area contributed by atoms with Gasteiger partial charge in [0.1, 0.15) is 5.78 Å². The van der Waals surface area contributed by atoms with Gasteiger partial charge in [-0.05, 0) is 25.7 Å². The van der Waals surface area contributed by atoms with Crippen molar-refractivity contribution in [2.45, 2.75) is 64.1 Å². The number of hydrogen-bond acceptors (Lipinski definition) is 1. The molecule has 0 aliphatic carbocycles. The average molecular weight is 263 g/mol. The number of unbranched alkanes of at least 4 members (excludes halogenated alkanes) is 6. The van der Waals surface area contributed by atoms with E-state index in [-0.39, 0.29) is 12.2 Å². The van der Waals surface area contributed by atoms with Crippen LogP contribution in [-0.4, -0.2) is 12.8 Å². The largest absolute Gasteiger partial charge is 0.478 e. The fraction of sp³-hybridized carbons (Fsp3) is 0.769. The van der Waals surface area contributed by atoms with Gasteiger partial charge < -0.3 is 12.9 Å². The number of Topliss-reactive ketones (excluding diaryl/α,β-unsaturated/α-hetero) is 1. The molecular weight excluding hydrogens is 240 g/mol. The van der Waals surface area contributed by atoms with Gasteiger partial charge in [0.15, 0.2) is 0 Å². The molecule has 0 aliphatic heterocycles. The molecule has 0 bridgehead atoms. The Hall–Kier alpha value is -0.735. The second-order valence-electron chi connectivity index (χ2n) is 4.74. The SMILES string of the molecule is C=CCCCCCCCCC(=O)CC[B-](F)(F)F. The molecule has 0 amide bonds. The molecule has 5 heteroatoms. The monoisotopic (exact) mass is 263 g/mol. The highest BCUT2D eigenvalue weighted by Gasteiger charge is 2.23. The minimum Gasteiger partial charge on any atom is -0.449 e. The molecule has 0 N–H and O–H groups in total. The molecule has 0 radical (unpaired) electrons. The van der Waals surface area contributed by atoms with Crippen LogP contribution in [0.2, 0.25) is 6.32 Å². The van der Waals surface area contributed by atoms with Crippen molar-refractivity contribution >= 4 is 12.8 Å². The maximum atomic E-state index is 11.9. The Labute approximate surface area is 108 Å². The molecule has 0 spiro atoms. The number of carbonyl (C=O) groups excluding carboxylic acids is 1. The Morgan fingerprint density at radius 3 is 2.06 bits per heavy atom. The number of allylic oxidation sites excluding steroid dienone is 1. The van der Waals surface area contributed by atoms with Crippen LogP contribution in [0.15, 0.2) is 12.7 Å². The lowest BCUT2D eigenvalue weighted by Gasteiger charge is -2.11. The Bertz CT molecular complexity index is 239. The van der Waals surface area contributed by atoms with Gasteiger partial charge in [-0.25, -0.2) is 0 Å². The highest BCUT2D eigenvalue weighted by Crippen LogP contribution is 2.18. The second kappa shape index (κ2) is 10.2. The molecule has 0 aromatic heterocycles. The zero-order valence-electron chi connectivity index (χ0n) is 11.0. The molecule has 0 aliphatic rings. The van der Waals surface area contributed by atoms with E-state index in [2.05, 4.69) is 6.58 Å². The minimum atomic E-state index is -4.80. The van der Waals surface area contributed by atoms with Crippen LogP contribution >= 0.6 is 0 Å². The Balaban J connectivity index is 3.28.